The molecule has 4 aromatic rings. The third kappa shape index (κ3) is 11.9. The maximum Gasteiger partial charge on any atom is 0.166 e. The van der Waals surface area contributed by atoms with Gasteiger partial charge in [0.05, 0.1) is 84.3 Å². The Hall–Kier alpha value is -3.20. The van der Waals surface area contributed by atoms with Gasteiger partial charge in [-0.25, -0.2) is 19.3 Å². The van der Waals surface area contributed by atoms with Crippen LogP contribution in [-0.4, -0.2) is 101 Å². The Morgan fingerprint density at radius 1 is 0.756 bits per heavy atom. The van der Waals surface area contributed by atoms with E-state index in [2.05, 4.69) is 15.1 Å². The summed E-state index contributed by atoms with van der Waals surface area (Å²) in [4.78, 5) is 13.2. The SMILES string of the molecule is Nc1ncnc2c1nc(-c1cnn(CCOCCOCCOCCOCCOCCCCCCCl)c1)n2Cc1ccc(F)cc1. The van der Waals surface area contributed by atoms with E-state index in [4.69, 9.17) is 46.0 Å². The van der Waals surface area contributed by atoms with Gasteiger partial charge in [-0.3, -0.25) is 4.68 Å². The van der Waals surface area contributed by atoms with Crippen molar-refractivity contribution in [2.75, 3.05) is 77.7 Å². The predicted octanol–water partition coefficient (Wildman–Crippen LogP) is 4.34. The molecule has 3 heterocycles. The van der Waals surface area contributed by atoms with Crippen LogP contribution in [0.3, 0.4) is 0 Å². The van der Waals surface area contributed by atoms with E-state index in [1.54, 1.807) is 23.0 Å². The number of anilines is 1. The van der Waals surface area contributed by atoms with Gasteiger partial charge >= 0.3 is 0 Å². The van der Waals surface area contributed by atoms with Gasteiger partial charge in [0.25, 0.3) is 0 Å². The fourth-order valence-corrected chi connectivity index (χ4v) is 4.68. The van der Waals surface area contributed by atoms with Crippen LogP contribution in [0.4, 0.5) is 10.2 Å². The summed E-state index contributed by atoms with van der Waals surface area (Å²) in [6, 6.07) is 6.32. The standard InChI is InChI=1S/C31H43ClFN7O5/c32-9-3-1-2-4-11-41-13-15-43-17-19-45-20-18-44-16-14-42-12-10-39-23-26(21-37-39)30-38-28-29(34)35-24-36-31(28)40(30)22-25-5-7-27(33)8-6-25/h5-8,21,23-24H,1-4,9-20,22H2,(H2,34,35,36). The summed E-state index contributed by atoms with van der Waals surface area (Å²) < 4.78 is 45.0. The van der Waals surface area contributed by atoms with Gasteiger partial charge in [-0.2, -0.15) is 5.10 Å². The molecule has 45 heavy (non-hydrogen) atoms. The van der Waals surface area contributed by atoms with Crippen molar-refractivity contribution in [3.05, 3.63) is 54.4 Å². The second-order valence-electron chi connectivity index (χ2n) is 10.2. The highest BCUT2D eigenvalue weighted by Crippen LogP contribution is 2.26. The first-order chi connectivity index (χ1) is 22.2. The number of hydrogen-bond acceptors (Lipinski definition) is 10. The molecular weight excluding hydrogens is 605 g/mol. The average Bonchev–Trinajstić information content (AvgIpc) is 3.66. The number of nitrogens with two attached hydrogens (primary N) is 1. The summed E-state index contributed by atoms with van der Waals surface area (Å²) in [5, 5.41) is 4.46. The number of unbranched alkanes of at least 4 members (excludes halogenated alkanes) is 3. The summed E-state index contributed by atoms with van der Waals surface area (Å²) in [5.74, 6) is 1.38. The first-order valence-electron chi connectivity index (χ1n) is 15.3. The molecule has 0 unspecified atom stereocenters. The highest BCUT2D eigenvalue weighted by molar-refractivity contribution is 6.17. The van der Waals surface area contributed by atoms with E-state index >= 15 is 0 Å². The summed E-state index contributed by atoms with van der Waals surface area (Å²) >= 11 is 5.66. The van der Waals surface area contributed by atoms with Crippen molar-refractivity contribution >= 4 is 28.6 Å². The molecule has 12 nitrogen and oxygen atoms in total. The maximum atomic E-state index is 13.4. The fourth-order valence-electron chi connectivity index (χ4n) is 4.49. The van der Waals surface area contributed by atoms with Crippen molar-refractivity contribution in [3.63, 3.8) is 0 Å². The van der Waals surface area contributed by atoms with E-state index in [1.807, 2.05) is 10.8 Å². The highest BCUT2D eigenvalue weighted by Gasteiger charge is 2.18. The number of hydrogen-bond donors (Lipinski definition) is 1. The first-order valence-corrected chi connectivity index (χ1v) is 15.9. The highest BCUT2D eigenvalue weighted by atomic mass is 35.5. The Morgan fingerprint density at radius 2 is 1.38 bits per heavy atom. The van der Waals surface area contributed by atoms with E-state index in [-0.39, 0.29) is 5.82 Å². The number of rotatable bonds is 24. The number of alkyl halides is 1. The number of imidazole rings is 1. The monoisotopic (exact) mass is 647 g/mol. The van der Waals surface area contributed by atoms with Crippen molar-refractivity contribution in [3.8, 4) is 11.4 Å². The number of ether oxygens (including phenoxy) is 5. The lowest BCUT2D eigenvalue weighted by atomic mass is 10.2. The predicted molar refractivity (Wildman–Crippen MR) is 170 cm³/mol. The van der Waals surface area contributed by atoms with Gasteiger partial charge in [0.1, 0.15) is 18.0 Å². The van der Waals surface area contributed by atoms with Crippen LogP contribution in [0.1, 0.15) is 31.2 Å². The Kier molecular flexibility index (Phi) is 15.4. The number of nitrogen functional groups attached to an aromatic ring is 1. The molecule has 0 atom stereocenters. The Balaban J connectivity index is 1.07. The molecule has 0 saturated carbocycles. The number of halogens is 2. The zero-order chi connectivity index (χ0) is 31.5. The van der Waals surface area contributed by atoms with Crippen LogP contribution in [0.15, 0.2) is 43.0 Å². The quantitative estimate of drug-likeness (QED) is 0.0865. The molecular formula is C31H43ClFN7O5. The van der Waals surface area contributed by atoms with Crippen LogP contribution in [0.25, 0.3) is 22.6 Å². The number of benzene rings is 1. The molecule has 4 rings (SSSR count). The normalized spacial score (nSPS) is 11.6. The van der Waals surface area contributed by atoms with Gasteiger partial charge in [0, 0.05) is 18.7 Å². The summed E-state index contributed by atoms with van der Waals surface area (Å²) in [5.41, 5.74) is 8.87. The lowest BCUT2D eigenvalue weighted by molar-refractivity contribution is -0.0117. The first kappa shape index (κ1) is 34.7. The molecule has 0 aliphatic heterocycles. The topological polar surface area (TPSA) is 134 Å². The average molecular weight is 648 g/mol. The molecule has 0 saturated heterocycles. The molecule has 0 aliphatic rings. The van der Waals surface area contributed by atoms with Crippen LogP contribution in [-0.2, 0) is 36.8 Å². The lowest BCUT2D eigenvalue weighted by Crippen LogP contribution is -2.14. The largest absolute Gasteiger partial charge is 0.382 e. The van der Waals surface area contributed by atoms with E-state index in [0.29, 0.717) is 95.4 Å². The van der Waals surface area contributed by atoms with Crippen molar-refractivity contribution in [1.82, 2.24) is 29.3 Å². The van der Waals surface area contributed by atoms with Gasteiger partial charge < -0.3 is 34.0 Å². The zero-order valence-electron chi connectivity index (χ0n) is 25.6. The van der Waals surface area contributed by atoms with Crippen LogP contribution >= 0.6 is 11.6 Å². The number of aromatic nitrogens is 6. The van der Waals surface area contributed by atoms with Gasteiger partial charge in [-0.15, -0.1) is 11.6 Å². The Bertz CT molecular complexity index is 1390. The van der Waals surface area contributed by atoms with Crippen LogP contribution in [0.2, 0.25) is 0 Å². The molecule has 0 amide bonds. The third-order valence-electron chi connectivity index (χ3n) is 6.83. The smallest absolute Gasteiger partial charge is 0.166 e. The Morgan fingerprint density at radius 3 is 2.04 bits per heavy atom. The number of nitrogens with zero attached hydrogens (tertiary/aromatic N) is 6. The molecule has 0 aliphatic carbocycles. The molecule has 0 radical (unpaired) electrons. The van der Waals surface area contributed by atoms with Gasteiger partial charge in [0.2, 0.25) is 0 Å². The van der Waals surface area contributed by atoms with Crippen LogP contribution in [0, 0.1) is 5.82 Å². The molecule has 14 heteroatoms. The summed E-state index contributed by atoms with van der Waals surface area (Å²) in [6.45, 7) is 6.40. The molecule has 0 spiro atoms. The van der Waals surface area contributed by atoms with Gasteiger partial charge in [0.15, 0.2) is 17.0 Å². The van der Waals surface area contributed by atoms with Crippen molar-refractivity contribution in [2.24, 2.45) is 0 Å². The minimum absolute atomic E-state index is 0.292. The van der Waals surface area contributed by atoms with E-state index in [1.165, 1.54) is 18.5 Å². The molecule has 3 aromatic heterocycles. The second-order valence-corrected chi connectivity index (χ2v) is 10.6. The van der Waals surface area contributed by atoms with Crippen molar-refractivity contribution in [2.45, 2.75) is 38.8 Å². The summed E-state index contributed by atoms with van der Waals surface area (Å²) in [7, 11) is 0. The number of fused-ring (bicyclic) bond motifs is 1. The van der Waals surface area contributed by atoms with E-state index < -0.39 is 0 Å². The van der Waals surface area contributed by atoms with Crippen molar-refractivity contribution < 1.29 is 28.1 Å². The molecule has 246 valence electrons. The molecule has 0 fully saturated rings. The lowest BCUT2D eigenvalue weighted by Gasteiger charge is -2.08. The van der Waals surface area contributed by atoms with E-state index in [9.17, 15) is 4.39 Å². The minimum atomic E-state index is -0.292. The fraction of sp³-hybridized carbons (Fsp3) is 0.548. The minimum Gasteiger partial charge on any atom is -0.382 e. The van der Waals surface area contributed by atoms with E-state index in [0.717, 1.165) is 49.3 Å². The van der Waals surface area contributed by atoms with Crippen LogP contribution < -0.4 is 5.73 Å². The Labute approximate surface area is 267 Å². The third-order valence-corrected chi connectivity index (χ3v) is 7.10. The second kappa shape index (κ2) is 20.0. The van der Waals surface area contributed by atoms with Crippen LogP contribution in [0.5, 0.6) is 0 Å². The van der Waals surface area contributed by atoms with Gasteiger partial charge in [-0.1, -0.05) is 25.0 Å². The molecule has 1 aromatic carbocycles. The van der Waals surface area contributed by atoms with Crippen molar-refractivity contribution in [1.29, 1.82) is 0 Å². The maximum absolute atomic E-state index is 13.4. The summed E-state index contributed by atoms with van der Waals surface area (Å²) in [6.07, 6.45) is 9.50. The molecule has 2 N–H and O–H groups in total. The van der Waals surface area contributed by atoms with Gasteiger partial charge in [-0.05, 0) is 30.5 Å². The molecule has 0 bridgehead atoms. The zero-order valence-corrected chi connectivity index (χ0v) is 26.4.